The molecule has 9 heteroatoms. The maximum Gasteiger partial charge on any atom is 0.350 e. The van der Waals surface area contributed by atoms with Crippen molar-refractivity contribution in [1.29, 1.82) is 0 Å². The summed E-state index contributed by atoms with van der Waals surface area (Å²) in [5.74, 6) is -0.619. The van der Waals surface area contributed by atoms with Crippen LogP contribution in [0.2, 0.25) is 0 Å². The van der Waals surface area contributed by atoms with Gasteiger partial charge in [-0.05, 0) is 88.0 Å². The van der Waals surface area contributed by atoms with Gasteiger partial charge in [0.05, 0.1) is 32.3 Å². The largest absolute Gasteiger partial charge is 0.463 e. The number of esters is 1. The molecule has 2 saturated heterocycles. The summed E-state index contributed by atoms with van der Waals surface area (Å²) in [7, 11) is 0. The Morgan fingerprint density at radius 3 is 2.38 bits per heavy atom. The van der Waals surface area contributed by atoms with E-state index in [0.717, 1.165) is 88.4 Å². The predicted molar refractivity (Wildman–Crippen MR) is 182 cm³/mol. The summed E-state index contributed by atoms with van der Waals surface area (Å²) in [6.07, 6.45) is 16.6. The number of quaternary nitrogens is 2. The van der Waals surface area contributed by atoms with Crippen molar-refractivity contribution in [1.82, 2.24) is 0 Å². The van der Waals surface area contributed by atoms with Crippen LogP contribution in [0.15, 0.2) is 11.1 Å². The number of fused-ring (bicyclic) bond motifs is 2. The van der Waals surface area contributed by atoms with Gasteiger partial charge in [0, 0.05) is 37.0 Å². The molecule has 6 rings (SSSR count). The highest BCUT2D eigenvalue weighted by molar-refractivity contribution is 6.23. The van der Waals surface area contributed by atoms with Crippen molar-refractivity contribution in [3.63, 3.8) is 0 Å². The zero-order valence-corrected chi connectivity index (χ0v) is 30.1. The lowest BCUT2D eigenvalue weighted by molar-refractivity contribution is -0.700. The van der Waals surface area contributed by atoms with E-state index in [1.807, 2.05) is 0 Å². The molecule has 270 valence electrons. The average molecular weight is 672 g/mol. The summed E-state index contributed by atoms with van der Waals surface area (Å²) in [5.41, 5.74) is 4.92. The minimum absolute atomic E-state index is 0.0832. The summed E-state index contributed by atoms with van der Waals surface area (Å²) in [6.45, 7) is 8.51. The maximum atomic E-state index is 14.5. The molecular weight excluding hydrogens is 606 g/mol. The molecule has 2 aliphatic heterocycles. The van der Waals surface area contributed by atoms with Gasteiger partial charge in [-0.1, -0.05) is 51.0 Å². The number of aliphatic hydroxyl groups excluding tert-OH is 1. The highest BCUT2D eigenvalue weighted by Crippen LogP contribution is 2.62. The number of nitrogens with two attached hydrogens (primary N) is 3. The normalized spacial score (nSPS) is 40.0. The highest BCUT2D eigenvalue weighted by atomic mass is 16.7. The number of ketones is 2. The Bertz CT molecular complexity index is 1230. The highest BCUT2D eigenvalue weighted by Gasteiger charge is 2.87. The van der Waals surface area contributed by atoms with Gasteiger partial charge in [-0.3, -0.25) is 15.3 Å². The van der Waals surface area contributed by atoms with Crippen LogP contribution < -0.4 is 16.4 Å². The van der Waals surface area contributed by atoms with Crippen molar-refractivity contribution in [3.8, 4) is 0 Å². The molecule has 0 aromatic heterocycles. The van der Waals surface area contributed by atoms with Gasteiger partial charge in [0.1, 0.15) is 6.17 Å². The van der Waals surface area contributed by atoms with Crippen LogP contribution in [0.1, 0.15) is 130 Å². The van der Waals surface area contributed by atoms with Gasteiger partial charge in [0.15, 0.2) is 17.2 Å². The van der Waals surface area contributed by atoms with Crippen LogP contribution >= 0.6 is 0 Å². The number of allylic oxidation sites excluding steroid dienone is 1. The number of carbonyl (C=O) groups excluding carboxylic acids is 3. The van der Waals surface area contributed by atoms with Gasteiger partial charge in [0.2, 0.25) is 0 Å². The van der Waals surface area contributed by atoms with Crippen LogP contribution in [-0.2, 0) is 23.9 Å². The van der Waals surface area contributed by atoms with E-state index in [9.17, 15) is 19.5 Å². The smallest absolute Gasteiger partial charge is 0.350 e. The first-order valence-corrected chi connectivity index (χ1v) is 19.8. The van der Waals surface area contributed by atoms with Crippen LogP contribution in [0.5, 0.6) is 0 Å². The first-order valence-electron chi connectivity index (χ1n) is 19.8. The summed E-state index contributed by atoms with van der Waals surface area (Å²) >= 11 is 0. The van der Waals surface area contributed by atoms with Gasteiger partial charge in [-0.25, -0.2) is 4.79 Å². The van der Waals surface area contributed by atoms with Crippen molar-refractivity contribution in [2.45, 2.75) is 153 Å². The molecule has 0 aromatic carbocycles. The molecule has 4 aliphatic carbocycles. The summed E-state index contributed by atoms with van der Waals surface area (Å²) in [5, 5.41) is 15.5. The Balaban J connectivity index is 1.27. The third-order valence-corrected chi connectivity index (χ3v) is 14.2. The molecule has 0 aromatic rings. The SMILES string of the molecule is CC[NH2+][C@H]1CC[C@H](CC)C[C@H]1COC(=O)[C@]12O[C@@]1(CC(CO)=C(C)CC1(C3CC[NH2+]C(N)C3)CCCCC1)C(=O)C1CCCCC1C2=O. The summed E-state index contributed by atoms with van der Waals surface area (Å²) in [4.78, 5) is 43.2. The van der Waals surface area contributed by atoms with E-state index in [2.05, 4.69) is 31.4 Å². The number of Topliss-reactive ketones (excluding diaryl/α,β-unsaturated/α-hetero) is 2. The third-order valence-electron chi connectivity index (χ3n) is 14.2. The first kappa shape index (κ1) is 36.2. The van der Waals surface area contributed by atoms with Crippen molar-refractivity contribution in [3.05, 3.63) is 11.1 Å². The van der Waals surface area contributed by atoms with E-state index in [1.54, 1.807) is 0 Å². The van der Waals surface area contributed by atoms with E-state index in [1.165, 1.54) is 25.7 Å². The van der Waals surface area contributed by atoms with Crippen LogP contribution in [0.4, 0.5) is 0 Å². The molecule has 2 heterocycles. The minimum atomic E-state index is -1.89. The molecule has 9 nitrogen and oxygen atoms in total. The zero-order valence-electron chi connectivity index (χ0n) is 30.1. The number of aliphatic hydroxyl groups is 1. The van der Waals surface area contributed by atoms with Crippen LogP contribution in [-0.4, -0.2) is 72.4 Å². The molecule has 7 N–H and O–H groups in total. The van der Waals surface area contributed by atoms with Gasteiger partial charge < -0.3 is 25.2 Å². The van der Waals surface area contributed by atoms with Crippen LogP contribution in [0.3, 0.4) is 0 Å². The summed E-state index contributed by atoms with van der Waals surface area (Å²) in [6, 6.07) is 0.384. The Hall–Kier alpha value is -1.65. The minimum Gasteiger partial charge on any atom is -0.463 e. The Morgan fingerprint density at radius 2 is 1.71 bits per heavy atom. The summed E-state index contributed by atoms with van der Waals surface area (Å²) < 4.78 is 12.5. The monoisotopic (exact) mass is 671 g/mol. The fourth-order valence-electron chi connectivity index (χ4n) is 11.3. The number of epoxide rings is 1. The van der Waals surface area contributed by atoms with E-state index < -0.39 is 29.0 Å². The first-order chi connectivity index (χ1) is 23.1. The maximum absolute atomic E-state index is 14.5. The Labute approximate surface area is 288 Å². The number of carbonyl (C=O) groups is 3. The van der Waals surface area contributed by atoms with E-state index >= 15 is 0 Å². The predicted octanol–water partition coefficient (Wildman–Crippen LogP) is 3.07. The quantitative estimate of drug-likeness (QED) is 0.108. The molecule has 0 radical (unpaired) electrons. The lowest BCUT2D eigenvalue weighted by atomic mass is 9.59. The second-order valence-corrected chi connectivity index (χ2v) is 16.8. The van der Waals surface area contributed by atoms with E-state index in [-0.39, 0.29) is 48.7 Å². The van der Waals surface area contributed by atoms with Crippen molar-refractivity contribution in [2.75, 3.05) is 26.3 Å². The average Bonchev–Trinajstić information content (AvgIpc) is 3.81. The zero-order chi connectivity index (χ0) is 34.1. The van der Waals surface area contributed by atoms with Crippen LogP contribution in [0.25, 0.3) is 0 Å². The molecule has 48 heavy (non-hydrogen) atoms. The molecular formula is C39H65N3O6+2. The van der Waals surface area contributed by atoms with Gasteiger partial charge in [0.25, 0.3) is 5.60 Å². The van der Waals surface area contributed by atoms with Gasteiger partial charge >= 0.3 is 5.97 Å². The third kappa shape index (κ3) is 6.49. The number of hydrogen-bond acceptors (Lipinski definition) is 7. The number of hydrogen-bond donors (Lipinski definition) is 4. The Kier molecular flexibility index (Phi) is 11.2. The topological polar surface area (TPSA) is 152 Å². The molecule has 0 spiro atoms. The standard InChI is InChI=1S/C39H63N3O6/c1-4-26-13-14-32(41-5-2)27(19-26)24-47-36(46)39-35(45)31-12-8-7-11-30(31)34(44)38(39,48-39)22-28(23-43)25(3)21-37(16-9-6-10-17-37)29-15-18-42-33(40)20-29/h26-27,29-33,41-43H,4-24,40H2,1-3H3/p+2/t26-,27-,29?,30?,31?,32-,33?,38-,39-/m0/s1. The Morgan fingerprint density at radius 1 is 0.979 bits per heavy atom. The molecule has 0 amide bonds. The molecule has 0 bridgehead atoms. The molecule has 9 atom stereocenters. The van der Waals surface area contributed by atoms with Crippen molar-refractivity contribution < 1.29 is 39.6 Å². The number of ether oxygens (including phenoxy) is 2. The number of piperidine rings is 1. The fourth-order valence-corrected chi connectivity index (χ4v) is 11.3. The second-order valence-electron chi connectivity index (χ2n) is 16.8. The van der Waals surface area contributed by atoms with E-state index in [0.29, 0.717) is 30.7 Å². The lowest BCUT2D eigenvalue weighted by Gasteiger charge is -2.46. The number of rotatable bonds is 12. The van der Waals surface area contributed by atoms with E-state index in [4.69, 9.17) is 15.2 Å². The van der Waals surface area contributed by atoms with Crippen molar-refractivity contribution in [2.24, 2.45) is 40.7 Å². The molecule has 4 saturated carbocycles. The molecule has 6 aliphatic rings. The lowest BCUT2D eigenvalue weighted by Crippen LogP contribution is -2.95. The van der Waals surface area contributed by atoms with Gasteiger partial charge in [-0.15, -0.1) is 0 Å². The molecule has 4 unspecified atom stereocenters. The second kappa shape index (κ2) is 14.9. The molecule has 6 fully saturated rings. The fraction of sp³-hybridized carbons (Fsp3) is 0.872. The van der Waals surface area contributed by atoms with Crippen LogP contribution in [0, 0.1) is 35.0 Å². The van der Waals surface area contributed by atoms with Gasteiger partial charge in [-0.2, -0.15) is 0 Å². The van der Waals surface area contributed by atoms with Crippen molar-refractivity contribution >= 4 is 17.5 Å².